The maximum Gasteiger partial charge on any atom is 0.126 e. The quantitative estimate of drug-likeness (QED) is 0.112. The van der Waals surface area contributed by atoms with Crippen molar-refractivity contribution in [2.75, 3.05) is 20.8 Å². The van der Waals surface area contributed by atoms with Gasteiger partial charge in [-0.25, -0.2) is 0 Å². The van der Waals surface area contributed by atoms with Crippen molar-refractivity contribution in [1.82, 2.24) is 0 Å². The van der Waals surface area contributed by atoms with Crippen molar-refractivity contribution in [3.8, 4) is 29.4 Å². The highest BCUT2D eigenvalue weighted by Crippen LogP contribution is 2.34. The number of methoxy groups -OCH3 is 2. The van der Waals surface area contributed by atoms with Crippen molar-refractivity contribution in [2.45, 2.75) is 106 Å². The predicted molar refractivity (Wildman–Crippen MR) is 183 cm³/mol. The predicted octanol–water partition coefficient (Wildman–Crippen LogP) is 10.5. The fourth-order valence-electron chi connectivity index (χ4n) is 5.58. The highest BCUT2D eigenvalue weighted by Gasteiger charge is 2.17. The van der Waals surface area contributed by atoms with Crippen molar-refractivity contribution < 1.29 is 14.2 Å². The molecule has 0 amide bonds. The first-order chi connectivity index (χ1) is 21.1. The van der Waals surface area contributed by atoms with E-state index in [0.29, 0.717) is 35.5 Å². The number of hydrogen-bond donors (Lipinski definition) is 0. The van der Waals surface area contributed by atoms with Crippen LogP contribution in [0.1, 0.15) is 115 Å². The number of benzene rings is 2. The van der Waals surface area contributed by atoms with Gasteiger partial charge in [-0.1, -0.05) is 86.1 Å². The molecule has 0 bridgehead atoms. The molecule has 240 valence electrons. The fraction of sp³-hybridized carbons (Fsp3) is 0.590. The van der Waals surface area contributed by atoms with Gasteiger partial charge in [0.15, 0.2) is 0 Å². The highest BCUT2D eigenvalue weighted by molar-refractivity contribution is 5.92. The number of ether oxygens (including phenoxy) is 3. The van der Waals surface area contributed by atoms with Crippen LogP contribution in [0.2, 0.25) is 0 Å². The second-order valence-corrected chi connectivity index (χ2v) is 13.3. The second-order valence-electron chi connectivity index (χ2n) is 13.3. The summed E-state index contributed by atoms with van der Waals surface area (Å²) in [6.07, 6.45) is 12.4. The number of allylic oxidation sites excluding steroid dienone is 1. The average molecular weight is 601 g/mol. The number of hydrogen-bond acceptors (Lipinski definition) is 5. The summed E-state index contributed by atoms with van der Waals surface area (Å²) < 4.78 is 17.5. The topological polar surface area (TPSA) is 75.3 Å². The molecule has 2 aromatic rings. The summed E-state index contributed by atoms with van der Waals surface area (Å²) in [7, 11) is 3.26. The third-order valence-corrected chi connectivity index (χ3v) is 8.43. The zero-order valence-electron chi connectivity index (χ0n) is 28.7. The standard InChI is InChI=1S/C39H56N2O3/c1-28(2)11-9-13-30(5)15-16-32-23-33(19-21-40)39(43-8)26-37(32)35(27-41)24-34-25-36(42-7)17-18-38(34)44-22-20-31(6)14-10-12-29(3)4/h17-18,23-26,28-31H,9-16,19-20,22H2,1-8H3/b35-24+. The molecule has 5 heteroatoms. The minimum absolute atomic E-state index is 0.260. The largest absolute Gasteiger partial charge is 0.497 e. The molecule has 2 aromatic carbocycles. The van der Waals surface area contributed by atoms with Gasteiger partial charge in [0.25, 0.3) is 0 Å². The Bertz CT molecular complexity index is 1270. The lowest BCUT2D eigenvalue weighted by atomic mass is 9.89. The molecule has 0 spiro atoms. The first kappa shape index (κ1) is 36.8. The third kappa shape index (κ3) is 12.7. The van der Waals surface area contributed by atoms with Gasteiger partial charge in [0.05, 0.1) is 45.0 Å². The van der Waals surface area contributed by atoms with Gasteiger partial charge in [0, 0.05) is 11.1 Å². The van der Waals surface area contributed by atoms with Crippen LogP contribution in [0, 0.1) is 46.3 Å². The molecule has 0 N–H and O–H groups in total. The zero-order valence-corrected chi connectivity index (χ0v) is 28.7. The second kappa shape index (κ2) is 19.8. The van der Waals surface area contributed by atoms with Crippen LogP contribution >= 0.6 is 0 Å². The van der Waals surface area contributed by atoms with E-state index >= 15 is 0 Å². The Morgan fingerprint density at radius 3 is 1.98 bits per heavy atom. The first-order valence-corrected chi connectivity index (χ1v) is 16.6. The molecule has 0 aromatic heterocycles. The Labute approximate surface area is 268 Å². The van der Waals surface area contributed by atoms with Crippen LogP contribution in [0.25, 0.3) is 11.6 Å². The van der Waals surface area contributed by atoms with Gasteiger partial charge < -0.3 is 14.2 Å². The van der Waals surface area contributed by atoms with Gasteiger partial charge in [-0.2, -0.15) is 10.5 Å². The molecular formula is C39H56N2O3. The number of aryl methyl sites for hydroxylation is 1. The Kier molecular flexibility index (Phi) is 16.5. The van der Waals surface area contributed by atoms with Crippen molar-refractivity contribution in [1.29, 1.82) is 10.5 Å². The molecule has 0 aliphatic carbocycles. The summed E-state index contributed by atoms with van der Waals surface area (Å²) in [5, 5.41) is 19.9. The molecule has 0 radical (unpaired) electrons. The van der Waals surface area contributed by atoms with Crippen molar-refractivity contribution >= 4 is 11.6 Å². The molecule has 5 nitrogen and oxygen atoms in total. The molecule has 0 saturated carbocycles. The smallest absolute Gasteiger partial charge is 0.126 e. The van der Waals surface area contributed by atoms with Crippen LogP contribution in [0.5, 0.6) is 17.2 Å². The zero-order chi connectivity index (χ0) is 32.5. The normalized spacial score (nSPS) is 13.0. The summed E-state index contributed by atoms with van der Waals surface area (Å²) in [6.45, 7) is 14.3. The van der Waals surface area contributed by atoms with E-state index in [4.69, 9.17) is 14.2 Å². The van der Waals surface area contributed by atoms with E-state index in [2.05, 4.69) is 59.7 Å². The van der Waals surface area contributed by atoms with Gasteiger partial charge >= 0.3 is 0 Å². The van der Waals surface area contributed by atoms with Crippen LogP contribution in [0.15, 0.2) is 30.3 Å². The molecule has 0 aliphatic rings. The van der Waals surface area contributed by atoms with Crippen molar-refractivity contribution in [3.05, 3.63) is 52.6 Å². The lowest BCUT2D eigenvalue weighted by Gasteiger charge is -2.18. The Hall–Kier alpha value is -3.44. The molecule has 2 rings (SSSR count). The molecule has 2 unspecified atom stereocenters. The van der Waals surface area contributed by atoms with Crippen molar-refractivity contribution in [3.63, 3.8) is 0 Å². The minimum atomic E-state index is 0.260. The Morgan fingerprint density at radius 1 is 0.750 bits per heavy atom. The summed E-state index contributed by atoms with van der Waals surface area (Å²) in [6, 6.07) is 14.5. The minimum Gasteiger partial charge on any atom is -0.497 e. The van der Waals surface area contributed by atoms with Crippen LogP contribution in [0.4, 0.5) is 0 Å². The van der Waals surface area contributed by atoms with Crippen LogP contribution < -0.4 is 14.2 Å². The molecule has 0 aliphatic heterocycles. The van der Waals surface area contributed by atoms with E-state index in [-0.39, 0.29) is 6.42 Å². The van der Waals surface area contributed by atoms with Crippen LogP contribution in [0.3, 0.4) is 0 Å². The van der Waals surface area contributed by atoms with E-state index in [1.54, 1.807) is 14.2 Å². The van der Waals surface area contributed by atoms with E-state index in [1.165, 1.54) is 38.5 Å². The SMILES string of the molecule is COc1ccc(OCCC(C)CCCC(C)C)c(/C=C(\C#N)c2cc(OC)c(CC#N)cc2CCC(C)CCCC(C)C)c1. The van der Waals surface area contributed by atoms with Gasteiger partial charge in [0.1, 0.15) is 17.2 Å². The van der Waals surface area contributed by atoms with E-state index in [0.717, 1.165) is 59.1 Å². The van der Waals surface area contributed by atoms with Gasteiger partial charge in [-0.3, -0.25) is 0 Å². The maximum atomic E-state index is 10.5. The molecule has 0 saturated heterocycles. The lowest BCUT2D eigenvalue weighted by molar-refractivity contribution is 0.275. The molecular weight excluding hydrogens is 544 g/mol. The van der Waals surface area contributed by atoms with E-state index in [1.807, 2.05) is 30.3 Å². The van der Waals surface area contributed by atoms with Gasteiger partial charge in [0.2, 0.25) is 0 Å². The highest BCUT2D eigenvalue weighted by atomic mass is 16.5. The number of nitrogens with zero attached hydrogens (tertiary/aromatic N) is 2. The first-order valence-electron chi connectivity index (χ1n) is 16.6. The monoisotopic (exact) mass is 600 g/mol. The summed E-state index contributed by atoms with van der Waals surface area (Å²) in [5.41, 5.74) is 4.11. The summed E-state index contributed by atoms with van der Waals surface area (Å²) in [4.78, 5) is 0. The fourth-order valence-corrected chi connectivity index (χ4v) is 5.58. The van der Waals surface area contributed by atoms with Crippen LogP contribution in [-0.4, -0.2) is 20.8 Å². The lowest BCUT2D eigenvalue weighted by Crippen LogP contribution is -2.06. The summed E-state index contributed by atoms with van der Waals surface area (Å²) in [5.74, 6) is 4.70. The van der Waals surface area contributed by atoms with Gasteiger partial charge in [-0.15, -0.1) is 0 Å². The van der Waals surface area contributed by atoms with Gasteiger partial charge in [-0.05, 0) is 84.4 Å². The van der Waals surface area contributed by atoms with Crippen LogP contribution in [-0.2, 0) is 12.8 Å². The Morgan fingerprint density at radius 2 is 1.41 bits per heavy atom. The Balaban J connectivity index is 2.39. The molecule has 44 heavy (non-hydrogen) atoms. The third-order valence-electron chi connectivity index (χ3n) is 8.43. The maximum absolute atomic E-state index is 10.5. The van der Waals surface area contributed by atoms with E-state index < -0.39 is 0 Å². The number of nitriles is 2. The summed E-state index contributed by atoms with van der Waals surface area (Å²) >= 11 is 0. The molecule has 0 heterocycles. The van der Waals surface area contributed by atoms with Crippen molar-refractivity contribution in [2.24, 2.45) is 23.7 Å². The van der Waals surface area contributed by atoms with E-state index in [9.17, 15) is 10.5 Å². The number of rotatable bonds is 20. The molecule has 2 atom stereocenters. The molecule has 0 fully saturated rings. The average Bonchev–Trinajstić information content (AvgIpc) is 2.99.